The Balaban J connectivity index is 2.31. The normalized spacial score (nSPS) is 12.2. The standard InChI is InChI=1S/C15H16BrFN2/c1-19(12-5-3-2-4-6-12)15(10-18)11-7-8-13(16)14(17)9-11/h2-9,15H,10,18H2,1H3. The zero-order valence-corrected chi connectivity index (χ0v) is 12.3. The van der Waals surface area contributed by atoms with E-state index in [1.54, 1.807) is 6.07 Å². The van der Waals surface area contributed by atoms with Crippen LogP contribution in [0.3, 0.4) is 0 Å². The third-order valence-corrected chi connectivity index (χ3v) is 3.83. The van der Waals surface area contributed by atoms with Crippen LogP contribution >= 0.6 is 15.9 Å². The predicted molar refractivity (Wildman–Crippen MR) is 80.7 cm³/mol. The van der Waals surface area contributed by atoms with Crippen molar-refractivity contribution in [3.8, 4) is 0 Å². The first-order chi connectivity index (χ1) is 9.13. The lowest BCUT2D eigenvalue weighted by atomic mass is 10.0. The highest BCUT2D eigenvalue weighted by molar-refractivity contribution is 9.10. The van der Waals surface area contributed by atoms with Gasteiger partial charge in [0.2, 0.25) is 0 Å². The van der Waals surface area contributed by atoms with Gasteiger partial charge in [0.05, 0.1) is 10.5 Å². The molecule has 0 heterocycles. The highest BCUT2D eigenvalue weighted by Crippen LogP contribution is 2.27. The number of likely N-dealkylation sites (N-methyl/N-ethyl adjacent to an activating group) is 1. The van der Waals surface area contributed by atoms with Crippen molar-refractivity contribution >= 4 is 21.6 Å². The molecule has 0 aliphatic carbocycles. The molecule has 0 spiro atoms. The molecule has 0 fully saturated rings. The third-order valence-electron chi connectivity index (χ3n) is 3.18. The summed E-state index contributed by atoms with van der Waals surface area (Å²) in [7, 11) is 1.97. The number of hydrogen-bond acceptors (Lipinski definition) is 2. The second kappa shape index (κ2) is 6.17. The fraction of sp³-hybridized carbons (Fsp3) is 0.200. The van der Waals surface area contributed by atoms with Crippen LogP contribution in [0.25, 0.3) is 0 Å². The quantitative estimate of drug-likeness (QED) is 0.929. The van der Waals surface area contributed by atoms with Crippen LogP contribution in [0.2, 0.25) is 0 Å². The largest absolute Gasteiger partial charge is 0.366 e. The molecular formula is C15H16BrFN2. The Kier molecular flexibility index (Phi) is 4.56. The number of nitrogens with two attached hydrogens (primary N) is 1. The number of para-hydroxylation sites is 1. The molecule has 0 aliphatic rings. The minimum atomic E-state index is -0.266. The SMILES string of the molecule is CN(c1ccccc1)C(CN)c1ccc(Br)c(F)c1. The summed E-state index contributed by atoms with van der Waals surface area (Å²) in [6.07, 6.45) is 0. The summed E-state index contributed by atoms with van der Waals surface area (Å²) in [6, 6.07) is 15.0. The number of nitrogens with zero attached hydrogens (tertiary/aromatic N) is 1. The molecule has 0 radical (unpaired) electrons. The van der Waals surface area contributed by atoms with E-state index in [-0.39, 0.29) is 11.9 Å². The highest BCUT2D eigenvalue weighted by Gasteiger charge is 2.17. The maximum absolute atomic E-state index is 13.6. The van der Waals surface area contributed by atoms with E-state index in [2.05, 4.69) is 20.8 Å². The van der Waals surface area contributed by atoms with Gasteiger partial charge in [0, 0.05) is 19.3 Å². The van der Waals surface area contributed by atoms with Crippen LogP contribution in [-0.2, 0) is 0 Å². The summed E-state index contributed by atoms with van der Waals surface area (Å²) in [6.45, 7) is 0.423. The lowest BCUT2D eigenvalue weighted by Crippen LogP contribution is -2.30. The Bertz CT molecular complexity index is 545. The maximum Gasteiger partial charge on any atom is 0.137 e. The Morgan fingerprint density at radius 2 is 1.89 bits per heavy atom. The molecule has 0 bridgehead atoms. The van der Waals surface area contributed by atoms with Crippen molar-refractivity contribution in [1.82, 2.24) is 0 Å². The number of hydrogen-bond donors (Lipinski definition) is 1. The van der Waals surface area contributed by atoms with Crippen LogP contribution in [0.1, 0.15) is 11.6 Å². The van der Waals surface area contributed by atoms with Gasteiger partial charge in [-0.1, -0.05) is 24.3 Å². The van der Waals surface area contributed by atoms with E-state index in [0.29, 0.717) is 11.0 Å². The molecule has 0 amide bonds. The number of rotatable bonds is 4. The summed E-state index contributed by atoms with van der Waals surface area (Å²) in [4.78, 5) is 2.06. The Morgan fingerprint density at radius 1 is 1.21 bits per heavy atom. The van der Waals surface area contributed by atoms with Gasteiger partial charge in [-0.25, -0.2) is 4.39 Å². The first kappa shape index (κ1) is 14.0. The molecule has 1 unspecified atom stereocenters. The molecule has 2 rings (SSSR count). The van der Waals surface area contributed by atoms with E-state index in [1.165, 1.54) is 6.07 Å². The van der Waals surface area contributed by atoms with Crippen LogP contribution < -0.4 is 10.6 Å². The fourth-order valence-corrected chi connectivity index (χ4v) is 2.33. The van der Waals surface area contributed by atoms with Gasteiger partial charge in [-0.05, 0) is 45.8 Å². The Labute approximate surface area is 121 Å². The minimum Gasteiger partial charge on any atom is -0.366 e. The van der Waals surface area contributed by atoms with Crippen LogP contribution in [0.4, 0.5) is 10.1 Å². The molecule has 2 aromatic rings. The third kappa shape index (κ3) is 3.14. The molecule has 0 saturated heterocycles. The second-order valence-corrected chi connectivity index (χ2v) is 5.23. The van der Waals surface area contributed by atoms with Gasteiger partial charge in [0.15, 0.2) is 0 Å². The minimum absolute atomic E-state index is 0.0509. The molecule has 2 N–H and O–H groups in total. The average molecular weight is 323 g/mol. The molecule has 0 aliphatic heterocycles. The molecule has 4 heteroatoms. The van der Waals surface area contributed by atoms with Crippen molar-refractivity contribution in [2.45, 2.75) is 6.04 Å². The lowest BCUT2D eigenvalue weighted by Gasteiger charge is -2.29. The van der Waals surface area contributed by atoms with Gasteiger partial charge in [-0.15, -0.1) is 0 Å². The predicted octanol–water partition coefficient (Wildman–Crippen LogP) is 3.72. The molecule has 2 nitrogen and oxygen atoms in total. The van der Waals surface area contributed by atoms with E-state index in [0.717, 1.165) is 11.3 Å². The van der Waals surface area contributed by atoms with Gasteiger partial charge in [0.25, 0.3) is 0 Å². The van der Waals surface area contributed by atoms with E-state index >= 15 is 0 Å². The van der Waals surface area contributed by atoms with Crippen LogP contribution in [0.15, 0.2) is 53.0 Å². The van der Waals surface area contributed by atoms with Crippen molar-refractivity contribution in [2.24, 2.45) is 5.73 Å². The van der Waals surface area contributed by atoms with Gasteiger partial charge in [-0.2, -0.15) is 0 Å². The summed E-state index contributed by atoms with van der Waals surface area (Å²) < 4.78 is 14.1. The van der Waals surface area contributed by atoms with E-state index in [4.69, 9.17) is 5.73 Å². The topological polar surface area (TPSA) is 29.3 Å². The first-order valence-corrected chi connectivity index (χ1v) is 6.85. The number of benzene rings is 2. The Morgan fingerprint density at radius 3 is 2.47 bits per heavy atom. The van der Waals surface area contributed by atoms with Gasteiger partial charge >= 0.3 is 0 Å². The fourth-order valence-electron chi connectivity index (χ4n) is 2.08. The monoisotopic (exact) mass is 322 g/mol. The summed E-state index contributed by atoms with van der Waals surface area (Å²) in [5.41, 5.74) is 7.78. The smallest absolute Gasteiger partial charge is 0.137 e. The summed E-state index contributed by atoms with van der Waals surface area (Å²) in [5.74, 6) is -0.266. The van der Waals surface area contributed by atoms with Crippen LogP contribution in [0.5, 0.6) is 0 Å². The lowest BCUT2D eigenvalue weighted by molar-refractivity contribution is 0.609. The molecule has 100 valence electrons. The van der Waals surface area contributed by atoms with Crippen molar-refractivity contribution < 1.29 is 4.39 Å². The first-order valence-electron chi connectivity index (χ1n) is 6.06. The van der Waals surface area contributed by atoms with E-state index < -0.39 is 0 Å². The van der Waals surface area contributed by atoms with E-state index in [1.807, 2.05) is 43.4 Å². The number of anilines is 1. The zero-order valence-electron chi connectivity index (χ0n) is 10.7. The molecule has 0 aromatic heterocycles. The molecule has 2 aromatic carbocycles. The second-order valence-electron chi connectivity index (χ2n) is 4.37. The maximum atomic E-state index is 13.6. The molecule has 19 heavy (non-hydrogen) atoms. The zero-order chi connectivity index (χ0) is 13.8. The van der Waals surface area contributed by atoms with Crippen molar-refractivity contribution in [3.63, 3.8) is 0 Å². The molecule has 0 saturated carbocycles. The average Bonchev–Trinajstić information content (AvgIpc) is 2.44. The van der Waals surface area contributed by atoms with Crippen LogP contribution in [-0.4, -0.2) is 13.6 Å². The van der Waals surface area contributed by atoms with Crippen molar-refractivity contribution in [2.75, 3.05) is 18.5 Å². The molecule has 1 atom stereocenters. The van der Waals surface area contributed by atoms with Gasteiger partial charge < -0.3 is 10.6 Å². The molecular weight excluding hydrogens is 307 g/mol. The Hall–Kier alpha value is -1.39. The highest BCUT2D eigenvalue weighted by atomic mass is 79.9. The van der Waals surface area contributed by atoms with Gasteiger partial charge in [0.1, 0.15) is 5.82 Å². The van der Waals surface area contributed by atoms with Crippen molar-refractivity contribution in [1.29, 1.82) is 0 Å². The summed E-state index contributed by atoms with van der Waals surface area (Å²) >= 11 is 3.16. The summed E-state index contributed by atoms with van der Waals surface area (Å²) in [5, 5.41) is 0. The van der Waals surface area contributed by atoms with E-state index in [9.17, 15) is 4.39 Å². The van der Waals surface area contributed by atoms with Gasteiger partial charge in [-0.3, -0.25) is 0 Å². The number of halogens is 2. The van der Waals surface area contributed by atoms with Crippen LogP contribution in [0, 0.1) is 5.82 Å². The van der Waals surface area contributed by atoms with Crippen molar-refractivity contribution in [3.05, 3.63) is 64.4 Å².